The van der Waals surface area contributed by atoms with Gasteiger partial charge in [0.15, 0.2) is 5.13 Å². The molecule has 1 fully saturated rings. The van der Waals surface area contributed by atoms with Gasteiger partial charge in [0, 0.05) is 17.3 Å². The Kier molecular flexibility index (Phi) is 4.08. The Bertz CT molecular complexity index is 499. The molecule has 1 aliphatic carbocycles. The fourth-order valence-corrected chi connectivity index (χ4v) is 4.60. The van der Waals surface area contributed by atoms with Crippen molar-refractivity contribution in [2.75, 3.05) is 18.4 Å². The topological polar surface area (TPSA) is 45.2 Å². The van der Waals surface area contributed by atoms with Crippen LogP contribution in [0.3, 0.4) is 0 Å². The molecule has 2 aliphatic rings. The van der Waals surface area contributed by atoms with Crippen molar-refractivity contribution in [1.29, 1.82) is 0 Å². The van der Waals surface area contributed by atoms with Gasteiger partial charge in [-0.05, 0) is 44.7 Å². The molecular weight excluding hydrogens is 270 g/mol. The van der Waals surface area contributed by atoms with E-state index in [1.165, 1.54) is 30.0 Å². The number of piperidine rings is 1. The standard InChI is InChI=1S/C15H23N3OS/c1-3-14(19)17-15-16-11-8-10-6-5-7-18(4-2)12(10)9-13(11)20-15/h10,12H,3-9H2,1-2H3,(H,16,17,19)/t10-,12-/m0/s1. The minimum Gasteiger partial charge on any atom is -0.302 e. The second-order valence-corrected chi connectivity index (χ2v) is 6.88. The summed E-state index contributed by atoms with van der Waals surface area (Å²) in [6, 6.07) is 0.691. The number of likely N-dealkylation sites (N-methyl/N-ethyl adjacent to an activating group) is 1. The molecule has 0 spiro atoms. The summed E-state index contributed by atoms with van der Waals surface area (Å²) in [6.45, 7) is 6.52. The molecule has 0 unspecified atom stereocenters. The highest BCUT2D eigenvalue weighted by Crippen LogP contribution is 2.38. The number of thiazole rings is 1. The lowest BCUT2D eigenvalue weighted by atomic mass is 9.79. The molecule has 2 heterocycles. The van der Waals surface area contributed by atoms with E-state index < -0.39 is 0 Å². The van der Waals surface area contributed by atoms with Crippen LogP contribution in [0.5, 0.6) is 0 Å². The van der Waals surface area contributed by atoms with Gasteiger partial charge in [-0.15, -0.1) is 11.3 Å². The number of rotatable bonds is 3. The molecule has 0 bridgehead atoms. The van der Waals surface area contributed by atoms with Crippen molar-refractivity contribution < 1.29 is 4.79 Å². The van der Waals surface area contributed by atoms with Crippen molar-refractivity contribution in [2.24, 2.45) is 5.92 Å². The SMILES string of the molecule is CCC(=O)Nc1nc2c(s1)C[C@H]1[C@@H](CCCN1CC)C2. The van der Waals surface area contributed by atoms with Crippen molar-refractivity contribution in [3.8, 4) is 0 Å². The monoisotopic (exact) mass is 293 g/mol. The number of hydrogen-bond acceptors (Lipinski definition) is 4. The molecule has 1 aliphatic heterocycles. The van der Waals surface area contributed by atoms with Gasteiger partial charge in [0.2, 0.25) is 5.91 Å². The first kappa shape index (κ1) is 14.0. The lowest BCUT2D eigenvalue weighted by Crippen LogP contribution is -2.48. The zero-order chi connectivity index (χ0) is 14.1. The quantitative estimate of drug-likeness (QED) is 0.932. The molecule has 1 amide bonds. The molecule has 0 aromatic carbocycles. The van der Waals surface area contributed by atoms with Gasteiger partial charge >= 0.3 is 0 Å². The van der Waals surface area contributed by atoms with Gasteiger partial charge in [0.1, 0.15) is 0 Å². The van der Waals surface area contributed by atoms with Crippen LogP contribution in [0.2, 0.25) is 0 Å². The lowest BCUT2D eigenvalue weighted by Gasteiger charge is -2.43. The van der Waals surface area contributed by atoms with E-state index in [1.54, 1.807) is 11.3 Å². The summed E-state index contributed by atoms with van der Waals surface area (Å²) in [5.74, 6) is 0.816. The molecule has 2 atom stereocenters. The molecule has 0 saturated carbocycles. The number of hydrogen-bond donors (Lipinski definition) is 1. The normalized spacial score (nSPS) is 25.9. The molecule has 1 N–H and O–H groups in total. The minimum atomic E-state index is 0.0590. The molecule has 110 valence electrons. The third-order valence-electron chi connectivity index (χ3n) is 4.64. The predicted octanol–water partition coefficient (Wildman–Crippen LogP) is 2.69. The van der Waals surface area contributed by atoms with Crippen LogP contribution < -0.4 is 5.32 Å². The number of aromatic nitrogens is 1. The van der Waals surface area contributed by atoms with Crippen LogP contribution in [0.25, 0.3) is 0 Å². The average Bonchev–Trinajstić information content (AvgIpc) is 2.84. The smallest absolute Gasteiger partial charge is 0.225 e. The van der Waals surface area contributed by atoms with E-state index in [4.69, 9.17) is 0 Å². The number of amides is 1. The first-order chi connectivity index (χ1) is 9.71. The maximum atomic E-state index is 11.5. The van der Waals surface area contributed by atoms with Gasteiger partial charge in [0.25, 0.3) is 0 Å². The number of nitrogens with one attached hydrogen (secondary N) is 1. The molecule has 4 nitrogen and oxygen atoms in total. The summed E-state index contributed by atoms with van der Waals surface area (Å²) < 4.78 is 0. The summed E-state index contributed by atoms with van der Waals surface area (Å²) in [4.78, 5) is 20.2. The van der Waals surface area contributed by atoms with E-state index >= 15 is 0 Å². The van der Waals surface area contributed by atoms with Crippen LogP contribution in [0.15, 0.2) is 0 Å². The highest BCUT2D eigenvalue weighted by molar-refractivity contribution is 7.15. The number of carbonyl (C=O) groups excluding carboxylic acids is 1. The summed E-state index contributed by atoms with van der Waals surface area (Å²) in [6.07, 6.45) is 5.37. The number of anilines is 1. The molecule has 20 heavy (non-hydrogen) atoms. The van der Waals surface area contributed by atoms with Gasteiger partial charge in [-0.2, -0.15) is 0 Å². The van der Waals surface area contributed by atoms with E-state index in [2.05, 4.69) is 22.1 Å². The average molecular weight is 293 g/mol. The van der Waals surface area contributed by atoms with Crippen LogP contribution in [-0.4, -0.2) is 34.9 Å². The van der Waals surface area contributed by atoms with Crippen molar-refractivity contribution in [2.45, 2.75) is 52.0 Å². The summed E-state index contributed by atoms with van der Waals surface area (Å²) in [7, 11) is 0. The number of nitrogens with zero attached hydrogens (tertiary/aromatic N) is 2. The van der Waals surface area contributed by atoms with Gasteiger partial charge < -0.3 is 10.2 Å². The van der Waals surface area contributed by atoms with E-state index in [9.17, 15) is 4.79 Å². The molecular formula is C15H23N3OS. The number of likely N-dealkylation sites (tertiary alicyclic amines) is 1. The minimum absolute atomic E-state index is 0.0590. The lowest BCUT2D eigenvalue weighted by molar-refractivity contribution is -0.115. The van der Waals surface area contributed by atoms with Crippen LogP contribution in [-0.2, 0) is 17.6 Å². The Balaban J connectivity index is 1.78. The van der Waals surface area contributed by atoms with E-state index in [0.717, 1.165) is 30.4 Å². The second-order valence-electron chi connectivity index (χ2n) is 5.80. The molecule has 1 saturated heterocycles. The molecule has 1 aromatic heterocycles. The highest BCUT2D eigenvalue weighted by Gasteiger charge is 2.36. The third kappa shape index (κ3) is 2.61. The van der Waals surface area contributed by atoms with Crippen molar-refractivity contribution in [3.63, 3.8) is 0 Å². The maximum absolute atomic E-state index is 11.5. The summed E-state index contributed by atoms with van der Waals surface area (Å²) >= 11 is 1.68. The van der Waals surface area contributed by atoms with Crippen LogP contribution in [0, 0.1) is 5.92 Å². The zero-order valence-corrected chi connectivity index (χ0v) is 13.1. The van der Waals surface area contributed by atoms with E-state index in [-0.39, 0.29) is 5.91 Å². The Hall–Kier alpha value is -0.940. The number of fused-ring (bicyclic) bond motifs is 2. The Labute approximate surface area is 124 Å². The van der Waals surface area contributed by atoms with Crippen LogP contribution >= 0.6 is 11.3 Å². The van der Waals surface area contributed by atoms with Gasteiger partial charge in [0.05, 0.1) is 5.69 Å². The highest BCUT2D eigenvalue weighted by atomic mass is 32.1. The molecule has 3 rings (SSSR count). The van der Waals surface area contributed by atoms with Crippen molar-refractivity contribution in [1.82, 2.24) is 9.88 Å². The Morgan fingerprint density at radius 3 is 3.05 bits per heavy atom. The second kappa shape index (κ2) is 5.82. The first-order valence-corrected chi connectivity index (χ1v) is 8.55. The van der Waals surface area contributed by atoms with Gasteiger partial charge in [-0.25, -0.2) is 4.98 Å². The fraction of sp³-hybridized carbons (Fsp3) is 0.733. The molecule has 0 radical (unpaired) electrons. The Morgan fingerprint density at radius 2 is 2.30 bits per heavy atom. The van der Waals surface area contributed by atoms with Crippen molar-refractivity contribution in [3.05, 3.63) is 10.6 Å². The largest absolute Gasteiger partial charge is 0.302 e. The molecule has 5 heteroatoms. The predicted molar refractivity (Wildman–Crippen MR) is 82.2 cm³/mol. The number of carbonyl (C=O) groups is 1. The van der Waals surface area contributed by atoms with Crippen LogP contribution in [0.4, 0.5) is 5.13 Å². The fourth-order valence-electron chi connectivity index (χ4n) is 3.54. The van der Waals surface area contributed by atoms with Crippen molar-refractivity contribution >= 4 is 22.4 Å². The van der Waals surface area contributed by atoms with Gasteiger partial charge in [-0.1, -0.05) is 13.8 Å². The third-order valence-corrected chi connectivity index (χ3v) is 5.67. The first-order valence-electron chi connectivity index (χ1n) is 7.73. The summed E-state index contributed by atoms with van der Waals surface area (Å²) in [5, 5.41) is 3.71. The maximum Gasteiger partial charge on any atom is 0.225 e. The van der Waals surface area contributed by atoms with E-state index in [1.807, 2.05) is 6.92 Å². The van der Waals surface area contributed by atoms with E-state index in [0.29, 0.717) is 12.5 Å². The summed E-state index contributed by atoms with van der Waals surface area (Å²) in [5.41, 5.74) is 1.24. The molecule has 1 aromatic rings. The zero-order valence-electron chi connectivity index (χ0n) is 12.3. The van der Waals surface area contributed by atoms with Crippen LogP contribution in [0.1, 0.15) is 43.7 Å². The Morgan fingerprint density at radius 1 is 1.45 bits per heavy atom. The van der Waals surface area contributed by atoms with Gasteiger partial charge in [-0.3, -0.25) is 4.79 Å².